The molecule has 132 valence electrons. The van der Waals surface area contributed by atoms with E-state index in [4.69, 9.17) is 18.9 Å². The second-order valence-electron chi connectivity index (χ2n) is 7.21. The van der Waals surface area contributed by atoms with Crippen molar-refractivity contribution in [2.75, 3.05) is 26.4 Å². The maximum atomic E-state index is 5.72. The molecule has 2 atom stereocenters. The van der Waals surface area contributed by atoms with Gasteiger partial charge in [0, 0.05) is 5.41 Å². The largest absolute Gasteiger partial charge is 0.491 e. The van der Waals surface area contributed by atoms with Crippen molar-refractivity contribution in [3.63, 3.8) is 0 Å². The minimum absolute atomic E-state index is 0.0870. The summed E-state index contributed by atoms with van der Waals surface area (Å²) in [6.07, 6.45) is 0.562. The molecule has 2 heterocycles. The van der Waals surface area contributed by atoms with E-state index in [0.29, 0.717) is 13.2 Å². The van der Waals surface area contributed by atoms with Crippen LogP contribution in [0.25, 0.3) is 0 Å². The van der Waals surface area contributed by atoms with Gasteiger partial charge in [0.15, 0.2) is 0 Å². The van der Waals surface area contributed by atoms with Gasteiger partial charge < -0.3 is 18.9 Å². The van der Waals surface area contributed by atoms with Gasteiger partial charge in [0.2, 0.25) is 0 Å². The number of hydrogen-bond donors (Lipinski definition) is 0. The molecule has 4 nitrogen and oxygen atoms in total. The first-order chi connectivity index (χ1) is 12.1. The number of epoxide rings is 2. The highest BCUT2D eigenvalue weighted by Crippen LogP contribution is 2.33. The third-order valence-electron chi connectivity index (χ3n) is 4.83. The first-order valence-electron chi connectivity index (χ1n) is 8.81. The van der Waals surface area contributed by atoms with Gasteiger partial charge in [-0.1, -0.05) is 38.1 Å². The first-order valence-corrected chi connectivity index (χ1v) is 8.81. The van der Waals surface area contributed by atoms with E-state index >= 15 is 0 Å². The third kappa shape index (κ3) is 4.14. The molecule has 0 bridgehead atoms. The van der Waals surface area contributed by atoms with Crippen molar-refractivity contribution in [3.05, 3.63) is 59.7 Å². The minimum atomic E-state index is -0.0870. The van der Waals surface area contributed by atoms with E-state index in [-0.39, 0.29) is 17.6 Å². The fourth-order valence-electron chi connectivity index (χ4n) is 2.81. The predicted octanol–water partition coefficient (Wildman–Crippen LogP) is 3.57. The summed E-state index contributed by atoms with van der Waals surface area (Å²) < 4.78 is 21.8. The average Bonchev–Trinajstić information content (AvgIpc) is 3.54. The molecule has 0 saturated carbocycles. The zero-order chi connectivity index (χ0) is 17.3. The Morgan fingerprint density at radius 2 is 1.12 bits per heavy atom. The van der Waals surface area contributed by atoms with Crippen LogP contribution >= 0.6 is 0 Å². The lowest BCUT2D eigenvalue weighted by atomic mass is 9.78. The van der Waals surface area contributed by atoms with Crippen molar-refractivity contribution in [2.45, 2.75) is 31.5 Å². The molecular formula is C21H24O4. The van der Waals surface area contributed by atoms with E-state index in [1.807, 2.05) is 24.3 Å². The highest BCUT2D eigenvalue weighted by Gasteiger charge is 2.25. The molecule has 2 fully saturated rings. The van der Waals surface area contributed by atoms with Crippen LogP contribution in [-0.4, -0.2) is 38.6 Å². The van der Waals surface area contributed by atoms with E-state index < -0.39 is 0 Å². The first kappa shape index (κ1) is 16.4. The van der Waals surface area contributed by atoms with Gasteiger partial charge in [0.25, 0.3) is 0 Å². The molecule has 4 heteroatoms. The Kier molecular flexibility index (Phi) is 4.40. The van der Waals surface area contributed by atoms with Gasteiger partial charge in [0.1, 0.15) is 36.9 Å². The van der Waals surface area contributed by atoms with Crippen LogP contribution < -0.4 is 9.47 Å². The van der Waals surface area contributed by atoms with Crippen molar-refractivity contribution < 1.29 is 18.9 Å². The Hall–Kier alpha value is -2.04. The molecule has 0 aliphatic carbocycles. The molecule has 0 spiro atoms. The summed E-state index contributed by atoms with van der Waals surface area (Å²) >= 11 is 0. The Balaban J connectivity index is 1.41. The van der Waals surface area contributed by atoms with E-state index in [1.54, 1.807) is 0 Å². The zero-order valence-corrected chi connectivity index (χ0v) is 14.7. The highest BCUT2D eigenvalue weighted by molar-refractivity contribution is 5.41. The van der Waals surface area contributed by atoms with Gasteiger partial charge in [-0.2, -0.15) is 0 Å². The maximum absolute atomic E-state index is 5.72. The summed E-state index contributed by atoms with van der Waals surface area (Å²) in [5.74, 6) is 1.78. The van der Waals surface area contributed by atoms with Gasteiger partial charge in [-0.15, -0.1) is 0 Å². The SMILES string of the molecule is CC(C)(c1ccc(OCC2CO2)cc1)c1ccc(OC[C@H]2CO2)cc1. The molecule has 2 aromatic rings. The van der Waals surface area contributed by atoms with E-state index in [1.165, 1.54) is 11.1 Å². The average molecular weight is 340 g/mol. The van der Waals surface area contributed by atoms with Crippen LogP contribution in [0.1, 0.15) is 25.0 Å². The smallest absolute Gasteiger partial charge is 0.119 e. The maximum Gasteiger partial charge on any atom is 0.119 e. The quantitative estimate of drug-likeness (QED) is 0.689. The molecule has 0 radical (unpaired) electrons. The van der Waals surface area contributed by atoms with Crippen LogP contribution in [0.2, 0.25) is 0 Å². The molecule has 1 unspecified atom stereocenters. The Morgan fingerprint density at radius 1 is 0.760 bits per heavy atom. The third-order valence-corrected chi connectivity index (χ3v) is 4.83. The van der Waals surface area contributed by atoms with Crippen LogP contribution in [0.15, 0.2) is 48.5 Å². The minimum Gasteiger partial charge on any atom is -0.491 e. The van der Waals surface area contributed by atoms with Crippen molar-refractivity contribution >= 4 is 0 Å². The van der Waals surface area contributed by atoms with Crippen LogP contribution in [0, 0.1) is 0 Å². The number of rotatable bonds is 8. The molecule has 2 saturated heterocycles. The molecule has 0 N–H and O–H groups in total. The van der Waals surface area contributed by atoms with Gasteiger partial charge in [-0.05, 0) is 35.4 Å². The number of ether oxygens (including phenoxy) is 4. The summed E-state index contributed by atoms with van der Waals surface area (Å²) in [5, 5.41) is 0. The molecule has 25 heavy (non-hydrogen) atoms. The zero-order valence-electron chi connectivity index (χ0n) is 14.7. The Labute approximate surface area is 148 Å². The molecule has 2 aromatic carbocycles. The second-order valence-corrected chi connectivity index (χ2v) is 7.21. The molecule has 4 rings (SSSR count). The van der Waals surface area contributed by atoms with Crippen LogP contribution in [-0.2, 0) is 14.9 Å². The number of benzene rings is 2. The molecule has 2 aliphatic heterocycles. The van der Waals surface area contributed by atoms with Gasteiger partial charge in [-0.3, -0.25) is 0 Å². The van der Waals surface area contributed by atoms with Crippen molar-refractivity contribution in [3.8, 4) is 11.5 Å². The Morgan fingerprint density at radius 3 is 1.44 bits per heavy atom. The summed E-state index contributed by atoms with van der Waals surface area (Å²) in [6, 6.07) is 16.7. The van der Waals surface area contributed by atoms with Gasteiger partial charge >= 0.3 is 0 Å². The predicted molar refractivity (Wildman–Crippen MR) is 95.5 cm³/mol. The van der Waals surface area contributed by atoms with E-state index in [9.17, 15) is 0 Å². The summed E-state index contributed by atoms with van der Waals surface area (Å²) in [5.41, 5.74) is 2.42. The van der Waals surface area contributed by atoms with Crippen molar-refractivity contribution in [1.82, 2.24) is 0 Å². The van der Waals surface area contributed by atoms with E-state index in [2.05, 4.69) is 38.1 Å². The summed E-state index contributed by atoms with van der Waals surface area (Å²) in [4.78, 5) is 0. The lowest BCUT2D eigenvalue weighted by molar-refractivity contribution is 0.263. The second kappa shape index (κ2) is 6.70. The monoisotopic (exact) mass is 340 g/mol. The summed E-state index contributed by atoms with van der Waals surface area (Å²) in [7, 11) is 0. The standard InChI is InChI=1S/C21H24O4/c1-21(2,15-3-7-17(8-4-15)22-11-19-13-24-19)16-5-9-18(10-6-16)23-12-20-14-25-20/h3-10,19-20H,11-14H2,1-2H3/t19-,20?/m0/s1. The fraction of sp³-hybridized carbons (Fsp3) is 0.429. The number of hydrogen-bond acceptors (Lipinski definition) is 4. The molecule has 0 amide bonds. The van der Waals surface area contributed by atoms with Crippen LogP contribution in [0.3, 0.4) is 0 Å². The van der Waals surface area contributed by atoms with Gasteiger partial charge in [-0.25, -0.2) is 0 Å². The molecule has 0 aromatic heterocycles. The van der Waals surface area contributed by atoms with Crippen LogP contribution in [0.5, 0.6) is 11.5 Å². The molecular weight excluding hydrogens is 316 g/mol. The highest BCUT2D eigenvalue weighted by atomic mass is 16.6. The van der Waals surface area contributed by atoms with Crippen molar-refractivity contribution in [1.29, 1.82) is 0 Å². The topological polar surface area (TPSA) is 43.5 Å². The lowest BCUT2D eigenvalue weighted by Crippen LogP contribution is -2.18. The Bertz CT molecular complexity index is 636. The van der Waals surface area contributed by atoms with E-state index in [0.717, 1.165) is 24.7 Å². The fourth-order valence-corrected chi connectivity index (χ4v) is 2.81. The molecule has 2 aliphatic rings. The lowest BCUT2D eigenvalue weighted by Gasteiger charge is -2.26. The summed E-state index contributed by atoms with van der Waals surface area (Å²) in [6.45, 7) is 7.37. The van der Waals surface area contributed by atoms with Crippen molar-refractivity contribution in [2.24, 2.45) is 0 Å². The van der Waals surface area contributed by atoms with Crippen LogP contribution in [0.4, 0.5) is 0 Å². The normalized spacial score (nSPS) is 21.7. The van der Waals surface area contributed by atoms with Gasteiger partial charge in [0.05, 0.1) is 13.2 Å².